The topological polar surface area (TPSA) is 79.2 Å². The maximum absolute atomic E-state index is 13.9. The molecule has 170 valence electrons. The lowest BCUT2D eigenvalue weighted by Gasteiger charge is -2.39. The molecule has 3 rings (SSSR count). The van der Waals surface area contributed by atoms with Gasteiger partial charge >= 0.3 is 6.09 Å². The van der Waals surface area contributed by atoms with Gasteiger partial charge in [-0.15, -0.1) is 0 Å². The lowest BCUT2D eigenvalue weighted by molar-refractivity contribution is 0.0680. The van der Waals surface area contributed by atoms with E-state index in [2.05, 4.69) is 42.7 Å². The fraction of sp³-hybridized carbons (Fsp3) is 0.250. The highest BCUT2D eigenvalue weighted by Crippen LogP contribution is 2.34. The lowest BCUT2D eigenvalue weighted by Crippen LogP contribution is -2.48. The molecule has 0 radical (unpaired) electrons. The van der Waals surface area contributed by atoms with Crippen molar-refractivity contribution in [2.45, 2.75) is 38.8 Å². The molecule has 6 nitrogen and oxygen atoms in total. The number of aromatic nitrogens is 3. The Hall–Kier alpha value is -3.38. The van der Waals surface area contributed by atoms with Gasteiger partial charge in [-0.1, -0.05) is 5.92 Å². The van der Waals surface area contributed by atoms with Crippen LogP contribution in [0.25, 0.3) is 0 Å². The Bertz CT molecular complexity index is 1200. The second-order valence-corrected chi connectivity index (χ2v) is 9.12. The maximum Gasteiger partial charge on any atom is 0.408 e. The molecule has 2 heterocycles. The number of amides is 1. The van der Waals surface area contributed by atoms with Gasteiger partial charge in [0.15, 0.2) is 0 Å². The summed E-state index contributed by atoms with van der Waals surface area (Å²) in [5.74, 6) is 4.36. The molecule has 2 aromatic heterocycles. The van der Waals surface area contributed by atoms with E-state index in [1.807, 2.05) is 0 Å². The molecular weight excluding hydrogens is 494 g/mol. The first-order valence-corrected chi connectivity index (χ1v) is 10.7. The molecule has 0 fully saturated rings. The summed E-state index contributed by atoms with van der Waals surface area (Å²) in [6.07, 6.45) is 3.34. The van der Waals surface area contributed by atoms with Crippen molar-refractivity contribution in [2.75, 3.05) is 0 Å². The van der Waals surface area contributed by atoms with Crippen molar-refractivity contribution in [3.05, 3.63) is 87.7 Å². The van der Waals surface area contributed by atoms with Crippen LogP contribution in [0.3, 0.4) is 0 Å². The first kappa shape index (κ1) is 24.3. The van der Waals surface area contributed by atoms with Gasteiger partial charge in [0, 0.05) is 28.5 Å². The van der Waals surface area contributed by atoms with Crippen LogP contribution in [0.15, 0.2) is 53.5 Å². The van der Waals surface area contributed by atoms with Gasteiger partial charge in [-0.05, 0) is 78.9 Å². The number of hydrogen-bond acceptors (Lipinski definition) is 4. The summed E-state index contributed by atoms with van der Waals surface area (Å²) in [6, 6.07) is 5.70. The Morgan fingerprint density at radius 1 is 1.12 bits per heavy atom. The van der Waals surface area contributed by atoms with E-state index in [1.54, 1.807) is 45.3 Å². The van der Waals surface area contributed by atoms with Crippen LogP contribution in [-0.4, -0.2) is 36.6 Å². The van der Waals surface area contributed by atoms with E-state index < -0.39 is 29.3 Å². The zero-order chi connectivity index (χ0) is 24.2. The zero-order valence-electron chi connectivity index (χ0n) is 18.2. The minimum absolute atomic E-state index is 0.00720. The van der Waals surface area contributed by atoms with Crippen molar-refractivity contribution in [1.29, 1.82) is 0 Å². The number of benzene rings is 1. The molecule has 1 amide bonds. The third-order valence-corrected chi connectivity index (χ3v) is 5.35. The molecule has 1 N–H and O–H groups in total. The second-order valence-electron chi connectivity index (χ2n) is 8.26. The van der Waals surface area contributed by atoms with Gasteiger partial charge in [0.1, 0.15) is 23.7 Å². The molecule has 9 heteroatoms. The smallest absolute Gasteiger partial charge is 0.408 e. The molecular formula is C24H21BrF2N4O2. The molecule has 33 heavy (non-hydrogen) atoms. The van der Waals surface area contributed by atoms with Crippen LogP contribution in [0, 0.1) is 23.5 Å². The Balaban J connectivity index is 2.11. The van der Waals surface area contributed by atoms with Crippen molar-refractivity contribution in [3.63, 3.8) is 0 Å². The summed E-state index contributed by atoms with van der Waals surface area (Å²) in [5, 5.41) is 10.0. The van der Waals surface area contributed by atoms with Gasteiger partial charge < -0.3 is 5.11 Å². The lowest BCUT2D eigenvalue weighted by atomic mass is 9.95. The highest BCUT2D eigenvalue weighted by molar-refractivity contribution is 9.10. The first-order valence-electron chi connectivity index (χ1n) is 9.95. The van der Waals surface area contributed by atoms with Crippen molar-refractivity contribution < 1.29 is 18.7 Å². The van der Waals surface area contributed by atoms with E-state index in [0.29, 0.717) is 27.0 Å². The van der Waals surface area contributed by atoms with Crippen molar-refractivity contribution >= 4 is 22.0 Å². The number of halogens is 3. The predicted molar refractivity (Wildman–Crippen MR) is 122 cm³/mol. The van der Waals surface area contributed by atoms with E-state index in [0.717, 1.165) is 6.07 Å². The molecule has 3 aromatic rings. The van der Waals surface area contributed by atoms with Crippen molar-refractivity contribution in [2.24, 2.45) is 0 Å². The van der Waals surface area contributed by atoms with E-state index in [1.165, 1.54) is 23.4 Å². The van der Waals surface area contributed by atoms with Gasteiger partial charge in [0.25, 0.3) is 0 Å². The van der Waals surface area contributed by atoms with Crippen LogP contribution in [0.4, 0.5) is 13.6 Å². The van der Waals surface area contributed by atoms with Crippen molar-refractivity contribution in [3.8, 4) is 11.8 Å². The summed E-state index contributed by atoms with van der Waals surface area (Å²) in [5.41, 5.74) is 0.851. The molecule has 0 unspecified atom stereocenters. The SMILES string of the molecule is CC(C)(C)N(C(=O)O)[C@@H](Cc1cc(F)cc(F)c1)c1nc(C#Cc2cncnc2)ccc1Br. The fourth-order valence-corrected chi connectivity index (χ4v) is 3.90. The minimum atomic E-state index is -1.18. The highest BCUT2D eigenvalue weighted by atomic mass is 79.9. The van der Waals surface area contributed by atoms with Crippen molar-refractivity contribution in [1.82, 2.24) is 19.9 Å². The third kappa shape index (κ3) is 6.33. The third-order valence-electron chi connectivity index (χ3n) is 4.68. The molecule has 1 aromatic carbocycles. The van der Waals surface area contributed by atoms with Gasteiger partial charge in [-0.3, -0.25) is 4.90 Å². The summed E-state index contributed by atoms with van der Waals surface area (Å²) >= 11 is 3.46. The molecule has 0 aliphatic heterocycles. The van der Waals surface area contributed by atoms with Gasteiger partial charge in [-0.25, -0.2) is 28.5 Å². The normalized spacial score (nSPS) is 11.9. The molecule has 0 spiro atoms. The number of carboxylic acid groups (broad SMARTS) is 1. The van der Waals surface area contributed by atoms with Gasteiger partial charge in [0.05, 0.1) is 17.3 Å². The van der Waals surface area contributed by atoms with Crippen LogP contribution < -0.4 is 0 Å². The molecule has 1 atom stereocenters. The Morgan fingerprint density at radius 2 is 1.76 bits per heavy atom. The number of nitrogens with zero attached hydrogens (tertiary/aromatic N) is 4. The minimum Gasteiger partial charge on any atom is -0.465 e. The van der Waals surface area contributed by atoms with Crippen LogP contribution in [0.5, 0.6) is 0 Å². The van der Waals surface area contributed by atoms with E-state index >= 15 is 0 Å². The summed E-state index contributed by atoms with van der Waals surface area (Å²) in [4.78, 5) is 25.9. The van der Waals surface area contributed by atoms with Crippen LogP contribution in [0.2, 0.25) is 0 Å². The first-order chi connectivity index (χ1) is 15.5. The maximum atomic E-state index is 13.9. The summed E-state index contributed by atoms with van der Waals surface area (Å²) in [6.45, 7) is 5.23. The molecule has 0 saturated heterocycles. The van der Waals surface area contributed by atoms with Gasteiger partial charge in [0.2, 0.25) is 0 Å². The zero-order valence-corrected chi connectivity index (χ0v) is 19.8. The quantitative estimate of drug-likeness (QED) is 0.473. The van der Waals surface area contributed by atoms with E-state index in [-0.39, 0.29) is 6.42 Å². The molecule has 0 aliphatic carbocycles. The summed E-state index contributed by atoms with van der Waals surface area (Å²) < 4.78 is 28.3. The Labute approximate surface area is 198 Å². The molecule has 0 bridgehead atoms. The molecule has 0 aliphatic rings. The predicted octanol–water partition coefficient (Wildman–Crippen LogP) is 5.37. The van der Waals surface area contributed by atoms with Crippen LogP contribution in [-0.2, 0) is 6.42 Å². The fourth-order valence-electron chi connectivity index (χ4n) is 3.41. The monoisotopic (exact) mass is 514 g/mol. The Morgan fingerprint density at radius 3 is 2.33 bits per heavy atom. The highest BCUT2D eigenvalue weighted by Gasteiger charge is 2.36. The number of pyridine rings is 1. The van der Waals surface area contributed by atoms with Gasteiger partial charge in [-0.2, -0.15) is 0 Å². The van der Waals surface area contributed by atoms with E-state index in [9.17, 15) is 18.7 Å². The average Bonchev–Trinajstić information content (AvgIpc) is 2.71. The number of rotatable bonds is 4. The summed E-state index contributed by atoms with van der Waals surface area (Å²) in [7, 11) is 0. The average molecular weight is 515 g/mol. The molecule has 0 saturated carbocycles. The number of carbonyl (C=O) groups is 1. The second kappa shape index (κ2) is 10.0. The Kier molecular flexibility index (Phi) is 7.39. The standard InChI is InChI=1S/C24H21BrF2N4O2/c1-24(2,3)31(23(32)33)21(10-16-8-17(26)11-18(27)9-16)22-20(25)7-6-19(30-22)5-4-15-12-28-14-29-13-15/h6-9,11-14,21H,10H2,1-3H3,(H,32,33)/t21-/m0/s1. The van der Waals surface area contributed by atoms with E-state index in [4.69, 9.17) is 0 Å². The van der Waals surface area contributed by atoms with Crippen LogP contribution >= 0.6 is 15.9 Å². The number of hydrogen-bond donors (Lipinski definition) is 1. The largest absolute Gasteiger partial charge is 0.465 e. The van der Waals surface area contributed by atoms with Crippen LogP contribution in [0.1, 0.15) is 49.3 Å².